The number of fused-ring (bicyclic) bond motifs is 1. The summed E-state index contributed by atoms with van der Waals surface area (Å²) in [5.74, 6) is -0.388. The molecule has 0 unspecified atom stereocenters. The van der Waals surface area contributed by atoms with Crippen LogP contribution in [0.3, 0.4) is 0 Å². The van der Waals surface area contributed by atoms with Gasteiger partial charge in [-0.2, -0.15) is 0 Å². The van der Waals surface area contributed by atoms with Gasteiger partial charge in [0.05, 0.1) is 5.56 Å². The van der Waals surface area contributed by atoms with Crippen LogP contribution >= 0.6 is 0 Å². The Morgan fingerprint density at radius 2 is 1.80 bits per heavy atom. The minimum Gasteiger partial charge on any atom is -0.456 e. The maximum atomic E-state index is 12.2. The Morgan fingerprint density at radius 1 is 1.15 bits per heavy atom. The zero-order valence-electron chi connectivity index (χ0n) is 11.6. The smallest absolute Gasteiger partial charge is 0.339 e. The molecule has 5 nitrogen and oxygen atoms in total. The molecule has 0 radical (unpaired) electrons. The predicted molar refractivity (Wildman–Crippen MR) is 77.9 cm³/mol. The van der Waals surface area contributed by atoms with Crippen LogP contribution in [0.1, 0.15) is 31.1 Å². The fourth-order valence-corrected chi connectivity index (χ4v) is 1.94. The molecule has 0 aliphatic carbocycles. The van der Waals surface area contributed by atoms with Gasteiger partial charge in [-0.15, -0.1) is 0 Å². The standard InChI is InChI=1S/C15H15N3O2/c1-15(2,3)20-14(19)12-8-4-7-11-10(12)6-5-9-13(11)17-18-16/h4-9H,1-3H3. The van der Waals surface area contributed by atoms with E-state index < -0.39 is 5.60 Å². The average Bonchev–Trinajstić information content (AvgIpc) is 2.37. The Labute approximate surface area is 116 Å². The van der Waals surface area contributed by atoms with E-state index in [1.165, 1.54) is 0 Å². The lowest BCUT2D eigenvalue weighted by molar-refractivity contribution is 0.00719. The van der Waals surface area contributed by atoms with Crippen molar-refractivity contribution in [1.29, 1.82) is 0 Å². The molecule has 0 heterocycles. The molecular weight excluding hydrogens is 254 g/mol. The molecule has 0 fully saturated rings. The highest BCUT2D eigenvalue weighted by atomic mass is 16.6. The molecule has 20 heavy (non-hydrogen) atoms. The maximum absolute atomic E-state index is 12.2. The van der Waals surface area contributed by atoms with E-state index in [9.17, 15) is 4.79 Å². The molecule has 5 heteroatoms. The summed E-state index contributed by atoms with van der Waals surface area (Å²) in [6, 6.07) is 10.5. The average molecular weight is 269 g/mol. The number of nitrogens with zero attached hydrogens (tertiary/aromatic N) is 3. The van der Waals surface area contributed by atoms with E-state index in [0.29, 0.717) is 16.6 Å². The van der Waals surface area contributed by atoms with E-state index in [1.807, 2.05) is 32.9 Å². The largest absolute Gasteiger partial charge is 0.456 e. The molecule has 2 rings (SSSR count). The van der Waals surface area contributed by atoms with E-state index in [1.54, 1.807) is 24.3 Å². The number of hydrogen-bond donors (Lipinski definition) is 0. The highest BCUT2D eigenvalue weighted by Gasteiger charge is 2.19. The summed E-state index contributed by atoms with van der Waals surface area (Å²) in [6.45, 7) is 5.46. The Morgan fingerprint density at radius 3 is 2.45 bits per heavy atom. The first-order valence-electron chi connectivity index (χ1n) is 6.22. The fraction of sp³-hybridized carbons (Fsp3) is 0.267. The molecule has 0 aliphatic heterocycles. The number of esters is 1. The molecule has 2 aromatic carbocycles. The molecule has 2 aromatic rings. The van der Waals surface area contributed by atoms with Crippen LogP contribution in [-0.4, -0.2) is 11.6 Å². The highest BCUT2D eigenvalue weighted by Crippen LogP contribution is 2.29. The van der Waals surface area contributed by atoms with Crippen molar-refractivity contribution in [3.05, 3.63) is 52.4 Å². The van der Waals surface area contributed by atoms with Crippen LogP contribution in [-0.2, 0) is 4.74 Å². The van der Waals surface area contributed by atoms with Crippen molar-refractivity contribution in [3.63, 3.8) is 0 Å². The molecule has 0 saturated carbocycles. The molecule has 0 N–H and O–H groups in total. The molecule has 0 spiro atoms. The first kappa shape index (κ1) is 13.9. The van der Waals surface area contributed by atoms with E-state index in [4.69, 9.17) is 10.3 Å². The summed E-state index contributed by atoms with van der Waals surface area (Å²) in [5, 5.41) is 5.08. The van der Waals surface area contributed by atoms with Gasteiger partial charge in [0.15, 0.2) is 0 Å². The van der Waals surface area contributed by atoms with Crippen LogP contribution in [0.5, 0.6) is 0 Å². The second-order valence-electron chi connectivity index (χ2n) is 5.37. The normalized spacial score (nSPS) is 10.9. The number of hydrogen-bond acceptors (Lipinski definition) is 3. The molecule has 102 valence electrons. The molecular formula is C15H15N3O2. The van der Waals surface area contributed by atoms with E-state index in [2.05, 4.69) is 10.0 Å². The zero-order valence-corrected chi connectivity index (χ0v) is 11.6. The SMILES string of the molecule is CC(C)(C)OC(=O)c1cccc2c(N=[N+]=[N-])cccc12. The van der Waals surface area contributed by atoms with Gasteiger partial charge in [-0.05, 0) is 43.1 Å². The van der Waals surface area contributed by atoms with Crippen LogP contribution in [0.25, 0.3) is 21.2 Å². The van der Waals surface area contributed by atoms with Gasteiger partial charge in [-0.1, -0.05) is 35.4 Å². The Kier molecular flexibility index (Phi) is 3.63. The van der Waals surface area contributed by atoms with Crippen molar-refractivity contribution in [2.45, 2.75) is 26.4 Å². The van der Waals surface area contributed by atoms with Crippen LogP contribution in [0.2, 0.25) is 0 Å². The lowest BCUT2D eigenvalue weighted by Gasteiger charge is -2.20. The molecule has 0 saturated heterocycles. The number of rotatable bonds is 2. The van der Waals surface area contributed by atoms with Gasteiger partial charge in [0, 0.05) is 10.6 Å². The first-order valence-corrected chi connectivity index (χ1v) is 6.22. The van der Waals surface area contributed by atoms with Crippen molar-refractivity contribution in [3.8, 4) is 0 Å². The summed E-state index contributed by atoms with van der Waals surface area (Å²) < 4.78 is 5.39. The summed E-state index contributed by atoms with van der Waals surface area (Å²) in [4.78, 5) is 15.0. The Bertz CT molecular complexity index is 711. The quantitative estimate of drug-likeness (QED) is 0.342. The first-order chi connectivity index (χ1) is 9.42. The van der Waals surface area contributed by atoms with Crippen molar-refractivity contribution in [2.24, 2.45) is 5.11 Å². The van der Waals surface area contributed by atoms with Gasteiger partial charge in [0.1, 0.15) is 5.60 Å². The van der Waals surface area contributed by atoms with E-state index in [0.717, 1.165) is 5.39 Å². The minimum atomic E-state index is -0.554. The van der Waals surface area contributed by atoms with Gasteiger partial charge in [0.25, 0.3) is 0 Å². The van der Waals surface area contributed by atoms with Crippen molar-refractivity contribution < 1.29 is 9.53 Å². The van der Waals surface area contributed by atoms with E-state index in [-0.39, 0.29) is 5.97 Å². The van der Waals surface area contributed by atoms with Gasteiger partial charge in [0.2, 0.25) is 0 Å². The zero-order chi connectivity index (χ0) is 14.8. The molecule has 0 amide bonds. The number of benzene rings is 2. The van der Waals surface area contributed by atoms with Crippen molar-refractivity contribution >= 4 is 22.4 Å². The summed E-state index contributed by atoms with van der Waals surface area (Å²) in [7, 11) is 0. The number of ether oxygens (including phenoxy) is 1. The van der Waals surface area contributed by atoms with Gasteiger partial charge < -0.3 is 4.74 Å². The lowest BCUT2D eigenvalue weighted by atomic mass is 10.0. The van der Waals surface area contributed by atoms with E-state index >= 15 is 0 Å². The summed E-state index contributed by atoms with van der Waals surface area (Å²) in [6.07, 6.45) is 0. The topological polar surface area (TPSA) is 75.1 Å². The fourth-order valence-electron chi connectivity index (χ4n) is 1.94. The summed E-state index contributed by atoms with van der Waals surface area (Å²) >= 11 is 0. The monoisotopic (exact) mass is 269 g/mol. The third-order valence-electron chi connectivity index (χ3n) is 2.67. The van der Waals surface area contributed by atoms with Crippen molar-refractivity contribution in [2.75, 3.05) is 0 Å². The third kappa shape index (κ3) is 2.90. The Hall–Kier alpha value is -2.52. The van der Waals surface area contributed by atoms with Crippen LogP contribution < -0.4 is 0 Å². The second-order valence-corrected chi connectivity index (χ2v) is 5.37. The lowest BCUT2D eigenvalue weighted by Crippen LogP contribution is -2.24. The van der Waals surface area contributed by atoms with Crippen LogP contribution in [0.15, 0.2) is 41.5 Å². The summed E-state index contributed by atoms with van der Waals surface area (Å²) in [5.41, 5.74) is 8.98. The van der Waals surface area contributed by atoms with Gasteiger partial charge in [-0.25, -0.2) is 4.79 Å². The highest BCUT2D eigenvalue weighted by molar-refractivity contribution is 6.07. The van der Waals surface area contributed by atoms with Crippen LogP contribution in [0, 0.1) is 0 Å². The Balaban J connectivity index is 2.58. The van der Waals surface area contributed by atoms with Crippen LogP contribution in [0.4, 0.5) is 5.69 Å². The molecule has 0 bridgehead atoms. The molecule has 0 atom stereocenters. The predicted octanol–water partition coefficient (Wildman–Crippen LogP) is 4.74. The minimum absolute atomic E-state index is 0.388. The molecule has 0 aliphatic rings. The van der Waals surface area contributed by atoms with Gasteiger partial charge >= 0.3 is 5.97 Å². The number of carbonyl (C=O) groups excluding carboxylic acids is 1. The second kappa shape index (κ2) is 5.23. The molecule has 0 aromatic heterocycles. The number of azide groups is 1. The third-order valence-corrected chi connectivity index (χ3v) is 2.67. The maximum Gasteiger partial charge on any atom is 0.339 e. The van der Waals surface area contributed by atoms with Gasteiger partial charge in [-0.3, -0.25) is 0 Å². The van der Waals surface area contributed by atoms with Crippen molar-refractivity contribution in [1.82, 2.24) is 0 Å². The number of carbonyl (C=O) groups is 1.